The first kappa shape index (κ1) is 26.1. The van der Waals surface area contributed by atoms with E-state index in [-0.39, 0.29) is 5.92 Å². The molecule has 0 radical (unpaired) electrons. The number of nitrogens with two attached hydrogens (primary N) is 1. The van der Waals surface area contributed by atoms with Crippen molar-refractivity contribution < 1.29 is 9.47 Å². The molecule has 0 bridgehead atoms. The number of aryl methyl sites for hydroxylation is 1. The van der Waals surface area contributed by atoms with Crippen LogP contribution in [0, 0.1) is 0 Å². The normalized spacial score (nSPS) is 15.8. The standard InChI is InChI=1S/C28H33Cl2N3O2/c1-33-18-26(25-15-23(29)16-28(30)27(25)19-33)21-5-2-4-20(14-21)22-7-8-24(32-17-22)6-3-10-34-12-13-35-11-9-31/h2,4-5,7-8,14-17,26H,3,6,9-13,18-19,31H2,1H3/t26-/m0/s1. The number of nitrogens with zero attached hydrogens (tertiary/aromatic N) is 2. The topological polar surface area (TPSA) is 60.6 Å². The van der Waals surface area contributed by atoms with Gasteiger partial charge in [-0.05, 0) is 60.3 Å². The summed E-state index contributed by atoms with van der Waals surface area (Å²) < 4.78 is 10.9. The lowest BCUT2D eigenvalue weighted by molar-refractivity contribution is 0.0498. The minimum atomic E-state index is 0.216. The summed E-state index contributed by atoms with van der Waals surface area (Å²) >= 11 is 12.9. The van der Waals surface area contributed by atoms with Gasteiger partial charge in [0.05, 0.1) is 19.8 Å². The monoisotopic (exact) mass is 513 g/mol. The van der Waals surface area contributed by atoms with Crippen molar-refractivity contribution in [3.05, 3.63) is 87.2 Å². The lowest BCUT2D eigenvalue weighted by Gasteiger charge is -2.33. The molecule has 7 heteroatoms. The van der Waals surface area contributed by atoms with E-state index in [0.717, 1.165) is 47.8 Å². The molecule has 0 saturated carbocycles. The quantitative estimate of drug-likeness (QED) is 0.340. The number of halogens is 2. The highest BCUT2D eigenvalue weighted by molar-refractivity contribution is 6.35. The van der Waals surface area contributed by atoms with Crippen molar-refractivity contribution in [3.63, 3.8) is 0 Å². The van der Waals surface area contributed by atoms with Crippen LogP contribution in [-0.4, -0.2) is 56.4 Å². The second-order valence-corrected chi connectivity index (χ2v) is 9.83. The molecule has 0 unspecified atom stereocenters. The predicted octanol–water partition coefficient (Wildman–Crippen LogP) is 5.56. The zero-order valence-corrected chi connectivity index (χ0v) is 21.7. The lowest BCUT2D eigenvalue weighted by atomic mass is 9.84. The Hall–Kier alpha value is -1.99. The first-order valence-electron chi connectivity index (χ1n) is 12.1. The van der Waals surface area contributed by atoms with Crippen molar-refractivity contribution in [2.24, 2.45) is 5.73 Å². The molecule has 1 aromatic heterocycles. The van der Waals surface area contributed by atoms with Crippen LogP contribution >= 0.6 is 23.2 Å². The molecule has 35 heavy (non-hydrogen) atoms. The maximum absolute atomic E-state index is 6.55. The van der Waals surface area contributed by atoms with Crippen LogP contribution in [0.1, 0.15) is 34.7 Å². The summed E-state index contributed by atoms with van der Waals surface area (Å²) in [7, 11) is 2.13. The molecule has 0 fully saturated rings. The third kappa shape index (κ3) is 7.04. The Morgan fingerprint density at radius 1 is 1.00 bits per heavy atom. The van der Waals surface area contributed by atoms with E-state index in [0.29, 0.717) is 38.0 Å². The molecule has 0 saturated heterocycles. The van der Waals surface area contributed by atoms with Gasteiger partial charge in [0.2, 0.25) is 0 Å². The Morgan fingerprint density at radius 3 is 2.60 bits per heavy atom. The van der Waals surface area contributed by atoms with Crippen molar-refractivity contribution >= 4 is 23.2 Å². The lowest BCUT2D eigenvalue weighted by Crippen LogP contribution is -2.31. The maximum atomic E-state index is 6.55. The smallest absolute Gasteiger partial charge is 0.0701 e. The summed E-state index contributed by atoms with van der Waals surface area (Å²) in [5.74, 6) is 0.216. The van der Waals surface area contributed by atoms with Crippen molar-refractivity contribution in [1.29, 1.82) is 0 Å². The van der Waals surface area contributed by atoms with E-state index in [2.05, 4.69) is 59.4 Å². The maximum Gasteiger partial charge on any atom is 0.0701 e. The second kappa shape index (κ2) is 12.8. The van der Waals surface area contributed by atoms with Crippen LogP contribution in [0.2, 0.25) is 10.0 Å². The van der Waals surface area contributed by atoms with Crippen LogP contribution in [0.25, 0.3) is 11.1 Å². The van der Waals surface area contributed by atoms with Crippen LogP contribution in [0.5, 0.6) is 0 Å². The van der Waals surface area contributed by atoms with Crippen LogP contribution in [-0.2, 0) is 22.4 Å². The molecule has 5 nitrogen and oxygen atoms in total. The Morgan fingerprint density at radius 2 is 1.83 bits per heavy atom. The Kier molecular flexibility index (Phi) is 9.55. The summed E-state index contributed by atoms with van der Waals surface area (Å²) in [5, 5.41) is 1.43. The van der Waals surface area contributed by atoms with Crippen LogP contribution < -0.4 is 5.73 Å². The summed E-state index contributed by atoms with van der Waals surface area (Å²) in [4.78, 5) is 7.00. The van der Waals surface area contributed by atoms with Gasteiger partial charge in [-0.2, -0.15) is 0 Å². The molecular weight excluding hydrogens is 481 g/mol. The predicted molar refractivity (Wildman–Crippen MR) is 143 cm³/mol. The Bertz CT molecular complexity index is 1110. The molecule has 1 aliphatic heterocycles. The average Bonchev–Trinajstić information content (AvgIpc) is 2.86. The number of likely N-dealkylation sites (N-methyl/N-ethyl adjacent to an activating group) is 1. The second-order valence-electron chi connectivity index (χ2n) is 8.99. The van der Waals surface area contributed by atoms with E-state index in [1.54, 1.807) is 0 Å². The number of hydrogen-bond donors (Lipinski definition) is 1. The van der Waals surface area contributed by atoms with E-state index in [4.69, 9.17) is 38.4 Å². The van der Waals surface area contributed by atoms with Gasteiger partial charge in [-0.25, -0.2) is 0 Å². The van der Waals surface area contributed by atoms with Gasteiger partial charge < -0.3 is 20.1 Å². The Labute approximate surface area is 218 Å². The summed E-state index contributed by atoms with van der Waals surface area (Å²) in [6.07, 6.45) is 3.78. The molecule has 1 aliphatic rings. The number of rotatable bonds is 11. The summed E-state index contributed by atoms with van der Waals surface area (Å²) in [5.41, 5.74) is 12.4. The van der Waals surface area contributed by atoms with E-state index >= 15 is 0 Å². The molecule has 0 aliphatic carbocycles. The molecule has 3 aromatic rings. The minimum Gasteiger partial charge on any atom is -0.379 e. The highest BCUT2D eigenvalue weighted by Crippen LogP contribution is 2.39. The van der Waals surface area contributed by atoms with Gasteiger partial charge in [0, 0.05) is 59.7 Å². The average molecular weight is 514 g/mol. The van der Waals surface area contributed by atoms with Gasteiger partial charge in [-0.1, -0.05) is 53.5 Å². The highest BCUT2D eigenvalue weighted by atomic mass is 35.5. The van der Waals surface area contributed by atoms with Crippen LogP contribution in [0.4, 0.5) is 0 Å². The van der Waals surface area contributed by atoms with Gasteiger partial charge in [0.15, 0.2) is 0 Å². The number of hydrogen-bond acceptors (Lipinski definition) is 5. The van der Waals surface area contributed by atoms with Gasteiger partial charge >= 0.3 is 0 Å². The van der Waals surface area contributed by atoms with Crippen molar-refractivity contribution in [1.82, 2.24) is 9.88 Å². The van der Waals surface area contributed by atoms with Gasteiger partial charge in [-0.3, -0.25) is 4.98 Å². The SMILES string of the molecule is CN1Cc2c(Cl)cc(Cl)cc2[C@H](c2cccc(-c3ccc(CCCOCCOCCN)nc3)c2)C1. The molecule has 0 amide bonds. The third-order valence-corrected chi connectivity index (χ3v) is 6.85. The number of aromatic nitrogens is 1. The minimum absolute atomic E-state index is 0.216. The molecule has 186 valence electrons. The van der Waals surface area contributed by atoms with E-state index < -0.39 is 0 Å². The van der Waals surface area contributed by atoms with Gasteiger partial charge in [0.25, 0.3) is 0 Å². The number of pyridine rings is 1. The molecular formula is C28H33Cl2N3O2. The first-order valence-corrected chi connectivity index (χ1v) is 12.9. The van der Waals surface area contributed by atoms with E-state index in [1.165, 1.54) is 16.7 Å². The number of ether oxygens (including phenoxy) is 2. The van der Waals surface area contributed by atoms with Gasteiger partial charge in [-0.15, -0.1) is 0 Å². The number of fused-ring (bicyclic) bond motifs is 1. The zero-order valence-electron chi connectivity index (χ0n) is 20.2. The zero-order chi connectivity index (χ0) is 24.6. The fourth-order valence-electron chi connectivity index (χ4n) is 4.57. The molecule has 2 aromatic carbocycles. The molecule has 2 N–H and O–H groups in total. The fraction of sp³-hybridized carbons (Fsp3) is 0.393. The third-order valence-electron chi connectivity index (χ3n) is 6.30. The van der Waals surface area contributed by atoms with E-state index in [1.807, 2.05) is 12.3 Å². The van der Waals surface area contributed by atoms with Crippen LogP contribution in [0.15, 0.2) is 54.7 Å². The summed E-state index contributed by atoms with van der Waals surface area (Å²) in [6.45, 7) is 4.76. The Balaban J connectivity index is 1.40. The molecule has 0 spiro atoms. The van der Waals surface area contributed by atoms with Gasteiger partial charge in [0.1, 0.15) is 0 Å². The highest BCUT2D eigenvalue weighted by Gasteiger charge is 2.27. The van der Waals surface area contributed by atoms with Crippen LogP contribution in [0.3, 0.4) is 0 Å². The number of benzene rings is 2. The fourth-order valence-corrected chi connectivity index (χ4v) is 5.14. The summed E-state index contributed by atoms with van der Waals surface area (Å²) in [6, 6.07) is 16.9. The molecule has 4 rings (SSSR count). The molecule has 2 heterocycles. The van der Waals surface area contributed by atoms with E-state index in [9.17, 15) is 0 Å². The molecule has 1 atom stereocenters. The first-order chi connectivity index (χ1) is 17.0. The van der Waals surface area contributed by atoms with Crippen molar-refractivity contribution in [3.8, 4) is 11.1 Å². The van der Waals surface area contributed by atoms with Crippen molar-refractivity contribution in [2.75, 3.05) is 46.6 Å². The van der Waals surface area contributed by atoms with Crippen molar-refractivity contribution in [2.45, 2.75) is 25.3 Å². The largest absolute Gasteiger partial charge is 0.379 e.